The van der Waals surface area contributed by atoms with Gasteiger partial charge in [-0.1, -0.05) is 0 Å². The molecule has 0 aliphatic rings. The predicted molar refractivity (Wildman–Crippen MR) is 76.8 cm³/mol. The summed E-state index contributed by atoms with van der Waals surface area (Å²) < 4.78 is 0. The van der Waals surface area contributed by atoms with Gasteiger partial charge in [-0.05, 0) is 26.8 Å². The second-order valence-electron chi connectivity index (χ2n) is 5.19. The maximum Gasteiger partial charge on any atom is 0.273 e. The summed E-state index contributed by atoms with van der Waals surface area (Å²) in [6.07, 6.45) is 0. The van der Waals surface area contributed by atoms with Crippen LogP contribution in [0.15, 0.2) is 18.2 Å². The number of nitro benzene ring substituents is 1. The van der Waals surface area contributed by atoms with Crippen LogP contribution in [-0.2, 0) is 0 Å². The van der Waals surface area contributed by atoms with Gasteiger partial charge in [-0.2, -0.15) is 0 Å². The lowest BCUT2D eigenvalue weighted by Crippen LogP contribution is -2.36. The molecular weight excluding hydrogens is 246 g/mol. The second kappa shape index (κ2) is 5.88. The third kappa shape index (κ3) is 4.75. The van der Waals surface area contributed by atoms with Gasteiger partial charge in [0.25, 0.3) is 5.69 Å². The van der Waals surface area contributed by atoms with Crippen molar-refractivity contribution in [1.82, 2.24) is 0 Å². The third-order valence-corrected chi connectivity index (χ3v) is 2.56. The summed E-state index contributed by atoms with van der Waals surface area (Å²) in [7, 11) is 1.80. The first-order chi connectivity index (χ1) is 8.73. The molecule has 0 aliphatic carbocycles. The molecular formula is C13H21N3O3. The number of anilines is 2. The first-order valence-corrected chi connectivity index (χ1v) is 6.20. The molecule has 1 rings (SSSR count). The number of hydrogen-bond acceptors (Lipinski definition) is 5. The molecule has 0 unspecified atom stereocenters. The van der Waals surface area contributed by atoms with Crippen LogP contribution in [-0.4, -0.2) is 35.8 Å². The van der Waals surface area contributed by atoms with Gasteiger partial charge in [0.2, 0.25) is 0 Å². The molecule has 0 saturated carbocycles. The number of benzene rings is 1. The zero-order valence-electron chi connectivity index (χ0n) is 11.8. The van der Waals surface area contributed by atoms with Gasteiger partial charge in [-0.3, -0.25) is 10.1 Å². The summed E-state index contributed by atoms with van der Waals surface area (Å²) in [4.78, 5) is 12.3. The molecule has 0 spiro atoms. The molecule has 0 aromatic heterocycles. The Hall–Kier alpha value is -1.82. The number of nitrogens with zero attached hydrogens (tertiary/aromatic N) is 2. The minimum absolute atomic E-state index is 0.0380. The van der Waals surface area contributed by atoms with Crippen LogP contribution in [0.1, 0.15) is 20.8 Å². The number of aliphatic hydroxyl groups is 1. The second-order valence-corrected chi connectivity index (χ2v) is 5.19. The monoisotopic (exact) mass is 267 g/mol. The molecule has 106 valence electrons. The molecule has 1 aromatic rings. The quantitative estimate of drug-likeness (QED) is 0.610. The van der Waals surface area contributed by atoms with Crippen LogP contribution in [0.4, 0.5) is 17.1 Å². The Morgan fingerprint density at radius 2 is 2.05 bits per heavy atom. The molecule has 1 aromatic carbocycles. The summed E-state index contributed by atoms with van der Waals surface area (Å²) >= 11 is 0. The maximum absolute atomic E-state index is 10.9. The van der Waals surface area contributed by atoms with Crippen molar-refractivity contribution in [3.63, 3.8) is 0 Å². The fourth-order valence-electron chi connectivity index (χ4n) is 1.90. The van der Waals surface area contributed by atoms with E-state index in [1.165, 1.54) is 12.1 Å². The van der Waals surface area contributed by atoms with E-state index in [0.717, 1.165) is 0 Å². The standard InChI is InChI=1S/C13H21N3O3/c1-5-14-10-6-11(8-12(7-10)16(18)19)15(4)9-13(2,3)17/h6-8,14,17H,5,9H2,1-4H3. The summed E-state index contributed by atoms with van der Waals surface area (Å²) in [6, 6.07) is 4.85. The molecule has 0 fully saturated rings. The first kappa shape index (κ1) is 15.2. The Kier molecular flexibility index (Phi) is 4.72. The number of non-ortho nitro benzene ring substituents is 1. The van der Waals surface area contributed by atoms with E-state index in [4.69, 9.17) is 0 Å². The zero-order chi connectivity index (χ0) is 14.6. The van der Waals surface area contributed by atoms with Gasteiger partial charge in [0.1, 0.15) is 0 Å². The van der Waals surface area contributed by atoms with Crippen LogP contribution in [0.3, 0.4) is 0 Å². The number of nitro groups is 1. The van der Waals surface area contributed by atoms with E-state index in [2.05, 4.69) is 5.32 Å². The Morgan fingerprint density at radius 1 is 1.42 bits per heavy atom. The minimum atomic E-state index is -0.863. The Labute approximate surface area is 113 Å². The van der Waals surface area contributed by atoms with Crippen molar-refractivity contribution in [2.24, 2.45) is 0 Å². The van der Waals surface area contributed by atoms with Crippen molar-refractivity contribution >= 4 is 17.1 Å². The van der Waals surface area contributed by atoms with E-state index in [1.54, 1.807) is 25.8 Å². The molecule has 0 amide bonds. The minimum Gasteiger partial charge on any atom is -0.389 e. The van der Waals surface area contributed by atoms with Crippen molar-refractivity contribution in [2.45, 2.75) is 26.4 Å². The smallest absolute Gasteiger partial charge is 0.273 e. The van der Waals surface area contributed by atoms with Crippen molar-refractivity contribution < 1.29 is 10.0 Å². The molecule has 0 bridgehead atoms. The van der Waals surface area contributed by atoms with E-state index in [0.29, 0.717) is 24.5 Å². The Balaban J connectivity index is 3.08. The van der Waals surface area contributed by atoms with E-state index < -0.39 is 10.5 Å². The van der Waals surface area contributed by atoms with Gasteiger partial charge < -0.3 is 15.3 Å². The van der Waals surface area contributed by atoms with Crippen molar-refractivity contribution in [3.05, 3.63) is 28.3 Å². The van der Waals surface area contributed by atoms with Gasteiger partial charge in [0.15, 0.2) is 0 Å². The van der Waals surface area contributed by atoms with Crippen LogP contribution in [0.2, 0.25) is 0 Å². The lowest BCUT2D eigenvalue weighted by Gasteiger charge is -2.27. The van der Waals surface area contributed by atoms with E-state index in [-0.39, 0.29) is 5.69 Å². The zero-order valence-corrected chi connectivity index (χ0v) is 11.8. The first-order valence-electron chi connectivity index (χ1n) is 6.20. The summed E-state index contributed by atoms with van der Waals surface area (Å²) in [5, 5.41) is 23.8. The topological polar surface area (TPSA) is 78.6 Å². The van der Waals surface area contributed by atoms with Crippen molar-refractivity contribution in [3.8, 4) is 0 Å². The van der Waals surface area contributed by atoms with Gasteiger partial charge in [-0.25, -0.2) is 0 Å². The van der Waals surface area contributed by atoms with E-state index in [9.17, 15) is 15.2 Å². The summed E-state index contributed by atoms with van der Waals surface area (Å²) in [6.45, 7) is 6.41. The third-order valence-electron chi connectivity index (χ3n) is 2.56. The number of likely N-dealkylation sites (N-methyl/N-ethyl adjacent to an activating group) is 1. The molecule has 6 nitrogen and oxygen atoms in total. The SMILES string of the molecule is CCNc1cc(N(C)CC(C)(C)O)cc([N+](=O)[O-])c1. The summed E-state index contributed by atoms with van der Waals surface area (Å²) in [5.41, 5.74) is 0.579. The molecule has 19 heavy (non-hydrogen) atoms. The van der Waals surface area contributed by atoms with Gasteiger partial charge in [0.05, 0.1) is 10.5 Å². The molecule has 2 N–H and O–H groups in total. The highest BCUT2D eigenvalue weighted by Crippen LogP contribution is 2.27. The lowest BCUT2D eigenvalue weighted by molar-refractivity contribution is -0.384. The number of nitrogens with one attached hydrogen (secondary N) is 1. The Bertz CT molecular complexity index is 455. The van der Waals surface area contributed by atoms with Crippen LogP contribution < -0.4 is 10.2 Å². The van der Waals surface area contributed by atoms with Gasteiger partial charge in [0, 0.05) is 43.6 Å². The fourth-order valence-corrected chi connectivity index (χ4v) is 1.90. The maximum atomic E-state index is 10.9. The Morgan fingerprint density at radius 3 is 2.53 bits per heavy atom. The molecule has 0 heterocycles. The number of rotatable bonds is 6. The predicted octanol–water partition coefficient (Wildman–Crippen LogP) is 2.23. The lowest BCUT2D eigenvalue weighted by atomic mass is 10.1. The van der Waals surface area contributed by atoms with Crippen molar-refractivity contribution in [2.75, 3.05) is 30.4 Å². The fraction of sp³-hybridized carbons (Fsp3) is 0.538. The number of hydrogen-bond donors (Lipinski definition) is 2. The van der Waals surface area contributed by atoms with Gasteiger partial charge in [-0.15, -0.1) is 0 Å². The highest BCUT2D eigenvalue weighted by Gasteiger charge is 2.18. The molecule has 0 atom stereocenters. The molecule has 0 saturated heterocycles. The highest BCUT2D eigenvalue weighted by molar-refractivity contribution is 5.64. The average Bonchev–Trinajstić information content (AvgIpc) is 2.26. The van der Waals surface area contributed by atoms with E-state index >= 15 is 0 Å². The molecule has 6 heteroatoms. The normalized spacial score (nSPS) is 11.2. The molecule has 0 aliphatic heterocycles. The van der Waals surface area contributed by atoms with Gasteiger partial charge >= 0.3 is 0 Å². The largest absolute Gasteiger partial charge is 0.389 e. The molecule has 0 radical (unpaired) electrons. The van der Waals surface area contributed by atoms with Crippen molar-refractivity contribution in [1.29, 1.82) is 0 Å². The van der Waals surface area contributed by atoms with Crippen LogP contribution >= 0.6 is 0 Å². The van der Waals surface area contributed by atoms with Crippen LogP contribution in [0.5, 0.6) is 0 Å². The van der Waals surface area contributed by atoms with E-state index in [1.807, 2.05) is 13.0 Å². The van der Waals surface area contributed by atoms with Crippen LogP contribution in [0, 0.1) is 10.1 Å². The van der Waals surface area contributed by atoms with Crippen LogP contribution in [0.25, 0.3) is 0 Å². The summed E-state index contributed by atoms with van der Waals surface area (Å²) in [5.74, 6) is 0. The average molecular weight is 267 g/mol. The highest BCUT2D eigenvalue weighted by atomic mass is 16.6.